The van der Waals surface area contributed by atoms with Crippen molar-refractivity contribution in [2.45, 2.75) is 81.7 Å². The van der Waals surface area contributed by atoms with Crippen LogP contribution < -0.4 is 22.3 Å². The number of fused-ring (bicyclic) bond motifs is 1. The summed E-state index contributed by atoms with van der Waals surface area (Å²) in [4.78, 5) is 56.6. The van der Waals surface area contributed by atoms with E-state index in [4.69, 9.17) is 20.4 Å². The largest absolute Gasteiger partial charge is 0.490 e. The molecule has 3 aliphatic rings. The number of benzene rings is 2. The van der Waals surface area contributed by atoms with Crippen LogP contribution in [0.3, 0.4) is 0 Å². The van der Waals surface area contributed by atoms with Crippen molar-refractivity contribution in [3.05, 3.63) is 93.0 Å². The van der Waals surface area contributed by atoms with Crippen LogP contribution in [0.25, 0.3) is 27.8 Å². The number of aromatic nitrogens is 3. The molecular weight excluding hydrogens is 712 g/mol. The Kier molecular flexibility index (Phi) is 11.6. The van der Waals surface area contributed by atoms with E-state index < -0.39 is 40.8 Å². The summed E-state index contributed by atoms with van der Waals surface area (Å²) in [5, 5.41) is 10.3. The highest BCUT2D eigenvalue weighted by Crippen LogP contribution is 2.31. The molecule has 1 amide bonds. The van der Waals surface area contributed by atoms with Crippen LogP contribution in [0.4, 0.5) is 17.6 Å². The maximum absolute atomic E-state index is 14.5. The first kappa shape index (κ1) is 38.8. The lowest BCUT2D eigenvalue weighted by atomic mass is 9.89. The molecule has 3 heterocycles. The van der Waals surface area contributed by atoms with E-state index in [1.165, 1.54) is 9.13 Å². The monoisotopic (exact) mass is 754 g/mol. The Morgan fingerprint density at radius 1 is 0.981 bits per heavy atom. The normalized spacial score (nSPS) is 20.2. The second kappa shape index (κ2) is 16.2. The van der Waals surface area contributed by atoms with Gasteiger partial charge in [0, 0.05) is 31.7 Å². The van der Waals surface area contributed by atoms with Gasteiger partial charge >= 0.3 is 17.8 Å². The van der Waals surface area contributed by atoms with Crippen LogP contribution in [-0.2, 0) is 20.9 Å². The van der Waals surface area contributed by atoms with E-state index in [0.717, 1.165) is 61.4 Å². The predicted molar refractivity (Wildman–Crippen MR) is 192 cm³/mol. The van der Waals surface area contributed by atoms with Gasteiger partial charge in [0.2, 0.25) is 5.91 Å². The smallest absolute Gasteiger partial charge is 0.475 e. The molecule has 7 rings (SSSR count). The maximum Gasteiger partial charge on any atom is 0.490 e. The molecule has 0 radical (unpaired) electrons. The number of carbonyl (C=O) groups is 2. The number of halogens is 4. The van der Waals surface area contributed by atoms with Crippen molar-refractivity contribution in [1.82, 2.24) is 24.3 Å². The number of nitrogens with two attached hydrogens (primary N) is 1. The molecule has 16 heteroatoms. The maximum atomic E-state index is 14.5. The Morgan fingerprint density at radius 3 is 2.31 bits per heavy atom. The van der Waals surface area contributed by atoms with Gasteiger partial charge < -0.3 is 20.9 Å². The molecule has 12 nitrogen and oxygen atoms in total. The second-order valence-electron chi connectivity index (χ2n) is 14.1. The number of alkyl halides is 3. The third-order valence-corrected chi connectivity index (χ3v) is 10.4. The summed E-state index contributed by atoms with van der Waals surface area (Å²) in [5.74, 6) is -3.52. The minimum Gasteiger partial charge on any atom is -0.475 e. The van der Waals surface area contributed by atoms with Gasteiger partial charge in [0.25, 0.3) is 5.56 Å². The van der Waals surface area contributed by atoms with Gasteiger partial charge in [-0.15, -0.1) is 0 Å². The van der Waals surface area contributed by atoms with E-state index in [1.54, 1.807) is 0 Å². The molecule has 0 unspecified atom stereocenters. The number of carboxylic acid groups (broad SMARTS) is 1. The molecule has 2 saturated carbocycles. The van der Waals surface area contributed by atoms with Crippen LogP contribution in [0.5, 0.6) is 0 Å². The SMILES string of the molecule is NC1(C(=O)N[C@H]2CC[C@@H](n3c(=O)c4cc(F)cnc4n(-c4cccc(-c5ccccc5CN5CCOCC5)c4)c3=O)CC2)CCCC1.O=C(O)C(F)(F)F. The molecule has 0 atom stereocenters. The van der Waals surface area contributed by atoms with Gasteiger partial charge in [-0.05, 0) is 73.4 Å². The zero-order valence-corrected chi connectivity index (χ0v) is 29.5. The summed E-state index contributed by atoms with van der Waals surface area (Å²) in [6.07, 6.45) is 1.46. The summed E-state index contributed by atoms with van der Waals surface area (Å²) in [6.45, 7) is 3.92. The lowest BCUT2D eigenvalue weighted by Crippen LogP contribution is -2.55. The van der Waals surface area contributed by atoms with Crippen molar-refractivity contribution in [3.63, 3.8) is 0 Å². The summed E-state index contributed by atoms with van der Waals surface area (Å²) in [5.41, 5.74) is 8.26. The van der Waals surface area contributed by atoms with Crippen molar-refractivity contribution >= 4 is 22.9 Å². The van der Waals surface area contributed by atoms with Crippen molar-refractivity contribution in [1.29, 1.82) is 0 Å². The van der Waals surface area contributed by atoms with E-state index in [9.17, 15) is 31.9 Å². The minimum absolute atomic E-state index is 0.0458. The minimum atomic E-state index is -5.08. The number of nitrogens with one attached hydrogen (secondary N) is 1. The third-order valence-electron chi connectivity index (χ3n) is 10.4. The second-order valence-corrected chi connectivity index (χ2v) is 14.1. The number of amides is 1. The first-order valence-corrected chi connectivity index (χ1v) is 18.0. The summed E-state index contributed by atoms with van der Waals surface area (Å²) in [7, 11) is 0. The molecule has 4 N–H and O–H groups in total. The molecule has 54 heavy (non-hydrogen) atoms. The Morgan fingerprint density at radius 2 is 1.65 bits per heavy atom. The van der Waals surface area contributed by atoms with Gasteiger partial charge in [-0.25, -0.2) is 23.5 Å². The van der Waals surface area contributed by atoms with Crippen LogP contribution in [0, 0.1) is 5.82 Å². The Balaban J connectivity index is 0.000000649. The molecule has 288 valence electrons. The van der Waals surface area contributed by atoms with E-state index in [1.807, 2.05) is 36.4 Å². The van der Waals surface area contributed by atoms with E-state index >= 15 is 0 Å². The number of carbonyl (C=O) groups excluding carboxylic acids is 1. The molecule has 2 aliphatic carbocycles. The molecule has 1 aliphatic heterocycles. The van der Waals surface area contributed by atoms with Crippen LogP contribution in [-0.4, -0.2) is 80.1 Å². The Bertz CT molecular complexity index is 2120. The molecule has 4 aromatic rings. The van der Waals surface area contributed by atoms with Gasteiger partial charge in [-0.2, -0.15) is 13.2 Å². The summed E-state index contributed by atoms with van der Waals surface area (Å²) in [6, 6.07) is 16.5. The number of morpholine rings is 1. The molecular formula is C38H42F4N6O6. The molecule has 0 bridgehead atoms. The van der Waals surface area contributed by atoms with Crippen LogP contribution >= 0.6 is 0 Å². The van der Waals surface area contributed by atoms with Crippen molar-refractivity contribution in [3.8, 4) is 16.8 Å². The quantitative estimate of drug-likeness (QED) is 0.228. The fraction of sp³-hybridized carbons (Fsp3) is 0.447. The standard InChI is InChI=1S/C36H41FN6O4.C2HF3O2/c37-26-21-31-32(39-22-26)42(29-8-5-7-24(20-29)30-9-2-1-6-25(30)23-41-16-18-47-19-17-41)35(46)43(33(31)44)28-12-10-27(11-13-28)40-34(45)36(38)14-3-4-15-36;3-2(4,5)1(6)7/h1-2,5-9,20-22,27-28H,3-4,10-19,23,38H2,(H,40,45);(H,6,7)/t27-,28+;. The average Bonchev–Trinajstić information content (AvgIpc) is 3.61. The zero-order valence-electron chi connectivity index (χ0n) is 29.5. The van der Waals surface area contributed by atoms with Gasteiger partial charge in [0.1, 0.15) is 5.82 Å². The molecule has 2 aromatic heterocycles. The number of pyridine rings is 1. The van der Waals surface area contributed by atoms with Crippen LogP contribution in [0.2, 0.25) is 0 Å². The van der Waals surface area contributed by atoms with Gasteiger partial charge in [0.15, 0.2) is 5.65 Å². The van der Waals surface area contributed by atoms with Gasteiger partial charge in [0.05, 0.1) is 36.0 Å². The Labute approximate surface area is 307 Å². The highest BCUT2D eigenvalue weighted by atomic mass is 19.4. The molecule has 2 aromatic carbocycles. The molecule has 0 spiro atoms. The molecule has 1 saturated heterocycles. The fourth-order valence-electron chi connectivity index (χ4n) is 7.53. The zero-order chi connectivity index (χ0) is 38.6. The number of nitrogens with zero attached hydrogens (tertiary/aromatic N) is 4. The Hall–Kier alpha value is -4.93. The molecule has 3 fully saturated rings. The number of aliphatic carboxylic acids is 1. The van der Waals surface area contributed by atoms with Crippen molar-refractivity contribution < 1.29 is 37.0 Å². The number of rotatable bonds is 7. The summed E-state index contributed by atoms with van der Waals surface area (Å²) >= 11 is 0. The first-order valence-electron chi connectivity index (χ1n) is 18.0. The van der Waals surface area contributed by atoms with Gasteiger partial charge in [-0.3, -0.25) is 19.1 Å². The van der Waals surface area contributed by atoms with Crippen molar-refractivity contribution in [2.75, 3.05) is 26.3 Å². The average molecular weight is 755 g/mol. The number of carboxylic acids is 1. The predicted octanol–water partition coefficient (Wildman–Crippen LogP) is 4.69. The number of hydrogen-bond acceptors (Lipinski definition) is 8. The highest BCUT2D eigenvalue weighted by molar-refractivity contribution is 5.86. The fourth-order valence-corrected chi connectivity index (χ4v) is 7.53. The van der Waals surface area contributed by atoms with E-state index in [2.05, 4.69) is 27.3 Å². The van der Waals surface area contributed by atoms with Crippen LogP contribution in [0.1, 0.15) is 63.0 Å². The van der Waals surface area contributed by atoms with E-state index in [0.29, 0.717) is 57.4 Å². The highest BCUT2D eigenvalue weighted by Gasteiger charge is 2.39. The third kappa shape index (κ3) is 8.55. The first-order chi connectivity index (χ1) is 25.7. The number of ether oxygens (including phenoxy) is 1. The van der Waals surface area contributed by atoms with E-state index in [-0.39, 0.29) is 23.0 Å². The summed E-state index contributed by atoms with van der Waals surface area (Å²) < 4.78 is 54.5. The van der Waals surface area contributed by atoms with Crippen molar-refractivity contribution in [2.24, 2.45) is 5.73 Å². The lowest BCUT2D eigenvalue weighted by molar-refractivity contribution is -0.192. The topological polar surface area (TPSA) is 162 Å². The lowest BCUT2D eigenvalue weighted by Gasteiger charge is -2.32. The van der Waals surface area contributed by atoms with Crippen LogP contribution in [0.15, 0.2) is 70.4 Å². The van der Waals surface area contributed by atoms with Gasteiger partial charge in [-0.1, -0.05) is 49.2 Å². The number of hydrogen-bond donors (Lipinski definition) is 3.